The Balaban J connectivity index is 2.68. The molecule has 0 fully saturated rings. The van der Waals surface area contributed by atoms with Crippen LogP contribution in [0.3, 0.4) is 0 Å². The van der Waals surface area contributed by atoms with Gasteiger partial charge in [-0.25, -0.2) is 4.98 Å². The van der Waals surface area contributed by atoms with Gasteiger partial charge in [-0.15, -0.1) is 0 Å². The summed E-state index contributed by atoms with van der Waals surface area (Å²) >= 11 is 0. The van der Waals surface area contributed by atoms with E-state index in [-0.39, 0.29) is 5.41 Å². The minimum atomic E-state index is 0.0559. The molecule has 0 spiro atoms. The lowest BCUT2D eigenvalue weighted by Gasteiger charge is -2.23. The largest absolute Gasteiger partial charge is 0.492 e. The Morgan fingerprint density at radius 3 is 2.55 bits per heavy atom. The van der Waals surface area contributed by atoms with Crippen molar-refractivity contribution in [3.63, 3.8) is 0 Å². The molecular formula is C17H24N2O. The highest BCUT2D eigenvalue weighted by Crippen LogP contribution is 2.34. The third-order valence-corrected chi connectivity index (χ3v) is 3.26. The van der Waals surface area contributed by atoms with Crippen LogP contribution in [0.2, 0.25) is 0 Å². The van der Waals surface area contributed by atoms with Crippen molar-refractivity contribution in [3.05, 3.63) is 29.8 Å². The zero-order valence-corrected chi connectivity index (χ0v) is 13.1. The number of hydrogen-bond donors (Lipinski definition) is 1. The molecule has 1 heterocycles. The lowest BCUT2D eigenvalue weighted by molar-refractivity contribution is 0.343. The van der Waals surface area contributed by atoms with Crippen molar-refractivity contribution >= 4 is 16.7 Å². The highest BCUT2D eigenvalue weighted by atomic mass is 16.5. The Morgan fingerprint density at radius 2 is 1.95 bits per heavy atom. The van der Waals surface area contributed by atoms with E-state index >= 15 is 0 Å². The summed E-state index contributed by atoms with van der Waals surface area (Å²) in [6, 6.07) is 8.32. The standard InChI is InChI=1S/C17H24N2O/c1-6-18-16-13(17(3,4)5)11-12-9-8-10-14(20-7-2)15(12)19-16/h8-11H,6-7H2,1-5H3,(H,18,19). The van der Waals surface area contributed by atoms with Gasteiger partial charge in [0.15, 0.2) is 0 Å². The van der Waals surface area contributed by atoms with Gasteiger partial charge in [-0.3, -0.25) is 0 Å². The number of para-hydroxylation sites is 1. The van der Waals surface area contributed by atoms with Crippen LogP contribution in [0.15, 0.2) is 24.3 Å². The molecule has 0 aliphatic heterocycles. The summed E-state index contributed by atoms with van der Waals surface area (Å²) in [5.41, 5.74) is 2.22. The molecule has 3 heteroatoms. The van der Waals surface area contributed by atoms with E-state index in [4.69, 9.17) is 9.72 Å². The third-order valence-electron chi connectivity index (χ3n) is 3.26. The van der Waals surface area contributed by atoms with Gasteiger partial charge in [0.05, 0.1) is 6.61 Å². The summed E-state index contributed by atoms with van der Waals surface area (Å²) in [6.07, 6.45) is 0. The molecule has 2 rings (SSSR count). The molecule has 0 aliphatic rings. The first kappa shape index (κ1) is 14.6. The normalized spacial score (nSPS) is 11.7. The van der Waals surface area contributed by atoms with Crippen LogP contribution in [0, 0.1) is 0 Å². The molecule has 1 N–H and O–H groups in total. The van der Waals surface area contributed by atoms with Crippen LogP contribution in [0.4, 0.5) is 5.82 Å². The zero-order valence-electron chi connectivity index (χ0n) is 13.1. The second-order valence-electron chi connectivity index (χ2n) is 5.93. The van der Waals surface area contributed by atoms with Gasteiger partial charge in [-0.2, -0.15) is 0 Å². The van der Waals surface area contributed by atoms with Crippen molar-refractivity contribution in [2.75, 3.05) is 18.5 Å². The lowest BCUT2D eigenvalue weighted by atomic mass is 9.86. The van der Waals surface area contributed by atoms with Crippen molar-refractivity contribution in [1.82, 2.24) is 4.98 Å². The van der Waals surface area contributed by atoms with Crippen molar-refractivity contribution in [2.45, 2.75) is 40.0 Å². The molecule has 0 bridgehead atoms. The number of benzene rings is 1. The first-order chi connectivity index (χ1) is 9.47. The molecule has 2 aromatic rings. The number of fused-ring (bicyclic) bond motifs is 1. The first-order valence-corrected chi connectivity index (χ1v) is 7.28. The fourth-order valence-electron chi connectivity index (χ4n) is 2.32. The number of rotatable bonds is 4. The minimum Gasteiger partial charge on any atom is -0.492 e. The molecule has 0 saturated carbocycles. The molecule has 1 aromatic carbocycles. The van der Waals surface area contributed by atoms with E-state index in [0.29, 0.717) is 6.61 Å². The molecule has 3 nitrogen and oxygen atoms in total. The highest BCUT2D eigenvalue weighted by Gasteiger charge is 2.20. The van der Waals surface area contributed by atoms with E-state index in [1.165, 1.54) is 5.56 Å². The average molecular weight is 272 g/mol. The summed E-state index contributed by atoms with van der Waals surface area (Å²) in [4.78, 5) is 4.81. The second kappa shape index (κ2) is 5.70. The number of pyridine rings is 1. The zero-order chi connectivity index (χ0) is 14.8. The Labute approximate surface area is 121 Å². The maximum absolute atomic E-state index is 5.69. The van der Waals surface area contributed by atoms with E-state index in [9.17, 15) is 0 Å². The quantitative estimate of drug-likeness (QED) is 0.897. The predicted molar refractivity (Wildman–Crippen MR) is 85.8 cm³/mol. The summed E-state index contributed by atoms with van der Waals surface area (Å²) in [5.74, 6) is 1.81. The molecule has 0 amide bonds. The van der Waals surface area contributed by atoms with Crippen LogP contribution in [-0.2, 0) is 5.41 Å². The van der Waals surface area contributed by atoms with Crippen molar-refractivity contribution < 1.29 is 4.74 Å². The van der Waals surface area contributed by atoms with Gasteiger partial charge >= 0.3 is 0 Å². The number of ether oxygens (including phenoxy) is 1. The van der Waals surface area contributed by atoms with Crippen LogP contribution >= 0.6 is 0 Å². The number of anilines is 1. The predicted octanol–water partition coefficient (Wildman–Crippen LogP) is 4.36. The van der Waals surface area contributed by atoms with Crippen LogP contribution in [0.25, 0.3) is 10.9 Å². The average Bonchev–Trinajstić information content (AvgIpc) is 2.38. The van der Waals surface area contributed by atoms with Crippen molar-refractivity contribution in [1.29, 1.82) is 0 Å². The van der Waals surface area contributed by atoms with Crippen LogP contribution in [0.5, 0.6) is 5.75 Å². The van der Waals surface area contributed by atoms with Gasteiger partial charge in [-0.05, 0) is 31.4 Å². The molecule has 0 atom stereocenters. The molecule has 0 saturated heterocycles. The molecule has 1 aromatic heterocycles. The fourth-order valence-corrected chi connectivity index (χ4v) is 2.32. The molecule has 0 radical (unpaired) electrons. The van der Waals surface area contributed by atoms with Crippen molar-refractivity contribution in [3.8, 4) is 5.75 Å². The summed E-state index contributed by atoms with van der Waals surface area (Å²) in [5, 5.41) is 4.50. The van der Waals surface area contributed by atoms with Gasteiger partial charge in [0.1, 0.15) is 17.1 Å². The number of nitrogens with zero attached hydrogens (tertiary/aromatic N) is 1. The van der Waals surface area contributed by atoms with E-state index in [1.807, 2.05) is 19.1 Å². The molecule has 0 unspecified atom stereocenters. The second-order valence-corrected chi connectivity index (χ2v) is 5.93. The Bertz CT molecular complexity index is 600. The van der Waals surface area contributed by atoms with Gasteiger partial charge in [0.25, 0.3) is 0 Å². The molecule has 108 valence electrons. The molecule has 0 aliphatic carbocycles. The minimum absolute atomic E-state index is 0.0559. The smallest absolute Gasteiger partial charge is 0.145 e. The topological polar surface area (TPSA) is 34.2 Å². The van der Waals surface area contributed by atoms with Gasteiger partial charge in [0.2, 0.25) is 0 Å². The van der Waals surface area contributed by atoms with Crippen LogP contribution in [0.1, 0.15) is 40.2 Å². The van der Waals surface area contributed by atoms with E-state index in [1.54, 1.807) is 0 Å². The van der Waals surface area contributed by atoms with E-state index < -0.39 is 0 Å². The maximum Gasteiger partial charge on any atom is 0.145 e. The summed E-state index contributed by atoms with van der Waals surface area (Å²) in [7, 11) is 0. The van der Waals surface area contributed by atoms with E-state index in [0.717, 1.165) is 29.0 Å². The number of hydrogen-bond acceptors (Lipinski definition) is 3. The van der Waals surface area contributed by atoms with Gasteiger partial charge in [0, 0.05) is 17.5 Å². The summed E-state index contributed by atoms with van der Waals surface area (Å²) in [6.45, 7) is 12.2. The third kappa shape index (κ3) is 2.87. The Kier molecular flexibility index (Phi) is 4.17. The highest BCUT2D eigenvalue weighted by molar-refractivity contribution is 5.87. The Morgan fingerprint density at radius 1 is 1.20 bits per heavy atom. The van der Waals surface area contributed by atoms with Crippen molar-refractivity contribution in [2.24, 2.45) is 0 Å². The summed E-state index contributed by atoms with van der Waals surface area (Å²) < 4.78 is 5.69. The molecular weight excluding hydrogens is 248 g/mol. The fraction of sp³-hybridized carbons (Fsp3) is 0.471. The lowest BCUT2D eigenvalue weighted by Crippen LogP contribution is -2.16. The SMILES string of the molecule is CCNc1nc2c(OCC)cccc2cc1C(C)(C)C. The van der Waals surface area contributed by atoms with Crippen LogP contribution < -0.4 is 10.1 Å². The van der Waals surface area contributed by atoms with Gasteiger partial charge < -0.3 is 10.1 Å². The first-order valence-electron chi connectivity index (χ1n) is 7.28. The Hall–Kier alpha value is -1.77. The maximum atomic E-state index is 5.69. The van der Waals surface area contributed by atoms with E-state index in [2.05, 4.69) is 45.1 Å². The van der Waals surface area contributed by atoms with Gasteiger partial charge in [-0.1, -0.05) is 32.9 Å². The number of aromatic nitrogens is 1. The number of nitrogens with one attached hydrogen (secondary N) is 1. The van der Waals surface area contributed by atoms with Crippen LogP contribution in [-0.4, -0.2) is 18.1 Å². The molecule has 20 heavy (non-hydrogen) atoms. The monoisotopic (exact) mass is 272 g/mol.